The third-order valence-corrected chi connectivity index (χ3v) is 6.60. The SMILES string of the molecule is CC1CN(CCCCNC(=O)c2ccccc2)CC(C)N1c1ccccc1OCc1ccccc1. The van der Waals surface area contributed by atoms with Crippen molar-refractivity contribution < 1.29 is 9.53 Å². The molecule has 1 amide bonds. The monoisotopic (exact) mass is 471 g/mol. The molecule has 1 heterocycles. The number of carbonyl (C=O) groups is 1. The summed E-state index contributed by atoms with van der Waals surface area (Å²) >= 11 is 0. The van der Waals surface area contributed by atoms with Crippen LogP contribution in [0.5, 0.6) is 5.75 Å². The maximum absolute atomic E-state index is 12.2. The van der Waals surface area contributed by atoms with Crippen LogP contribution in [0.15, 0.2) is 84.9 Å². The zero-order valence-corrected chi connectivity index (χ0v) is 20.9. The van der Waals surface area contributed by atoms with Gasteiger partial charge in [-0.25, -0.2) is 0 Å². The highest BCUT2D eigenvalue weighted by atomic mass is 16.5. The van der Waals surface area contributed by atoms with Crippen LogP contribution in [-0.2, 0) is 6.61 Å². The lowest BCUT2D eigenvalue weighted by Gasteiger charge is -2.46. The van der Waals surface area contributed by atoms with Crippen LogP contribution in [0.2, 0.25) is 0 Å². The third-order valence-electron chi connectivity index (χ3n) is 6.60. The van der Waals surface area contributed by atoms with E-state index < -0.39 is 0 Å². The first-order chi connectivity index (χ1) is 17.1. The molecule has 3 aromatic rings. The predicted octanol–water partition coefficient (Wildman–Crippen LogP) is 5.37. The van der Waals surface area contributed by atoms with Gasteiger partial charge in [0.1, 0.15) is 12.4 Å². The van der Waals surface area contributed by atoms with Crippen LogP contribution in [0.1, 0.15) is 42.6 Å². The van der Waals surface area contributed by atoms with Gasteiger partial charge in [-0.05, 0) is 63.1 Å². The molecule has 1 N–H and O–H groups in total. The van der Waals surface area contributed by atoms with E-state index in [0.717, 1.165) is 43.8 Å². The second-order valence-electron chi connectivity index (χ2n) is 9.44. The molecule has 4 rings (SSSR count). The summed E-state index contributed by atoms with van der Waals surface area (Å²) in [7, 11) is 0. The molecule has 0 radical (unpaired) electrons. The zero-order chi connectivity index (χ0) is 24.5. The summed E-state index contributed by atoms with van der Waals surface area (Å²) in [6.45, 7) is 8.98. The van der Waals surface area contributed by atoms with Crippen molar-refractivity contribution in [3.63, 3.8) is 0 Å². The molecule has 5 heteroatoms. The van der Waals surface area contributed by atoms with Crippen LogP contribution < -0.4 is 15.0 Å². The molecule has 184 valence electrons. The number of para-hydroxylation sites is 2. The number of carbonyl (C=O) groups excluding carboxylic acids is 1. The highest BCUT2D eigenvalue weighted by Crippen LogP contribution is 2.33. The van der Waals surface area contributed by atoms with E-state index in [9.17, 15) is 4.79 Å². The first-order valence-corrected chi connectivity index (χ1v) is 12.7. The summed E-state index contributed by atoms with van der Waals surface area (Å²) in [4.78, 5) is 17.2. The zero-order valence-electron chi connectivity index (χ0n) is 20.9. The molecule has 35 heavy (non-hydrogen) atoms. The van der Waals surface area contributed by atoms with E-state index in [1.165, 1.54) is 11.3 Å². The molecule has 1 aliphatic rings. The lowest BCUT2D eigenvalue weighted by Crippen LogP contribution is -2.57. The fraction of sp³-hybridized carbons (Fsp3) is 0.367. The van der Waals surface area contributed by atoms with Crippen molar-refractivity contribution in [3.8, 4) is 5.75 Å². The van der Waals surface area contributed by atoms with Crippen LogP contribution in [0.3, 0.4) is 0 Å². The van der Waals surface area contributed by atoms with E-state index in [-0.39, 0.29) is 5.91 Å². The van der Waals surface area contributed by atoms with Crippen LogP contribution in [0, 0.1) is 0 Å². The Morgan fingerprint density at radius 2 is 1.49 bits per heavy atom. The smallest absolute Gasteiger partial charge is 0.251 e. The second kappa shape index (κ2) is 12.4. The van der Waals surface area contributed by atoms with Crippen molar-refractivity contribution in [2.24, 2.45) is 0 Å². The van der Waals surface area contributed by atoms with E-state index in [1.54, 1.807) is 0 Å². The standard InChI is InChI=1S/C30H37N3O2/c1-24-21-32(20-12-11-19-31-30(34)27-15-7-4-8-16-27)22-25(2)33(24)28-17-9-10-18-29(28)35-23-26-13-5-3-6-14-26/h3-10,13-18,24-25H,11-12,19-23H2,1-2H3,(H,31,34). The molecule has 1 fully saturated rings. The summed E-state index contributed by atoms with van der Waals surface area (Å²) in [5.41, 5.74) is 3.07. The van der Waals surface area contributed by atoms with Crippen molar-refractivity contribution in [3.05, 3.63) is 96.1 Å². The molecule has 1 aliphatic heterocycles. The largest absolute Gasteiger partial charge is 0.487 e. The van der Waals surface area contributed by atoms with Crippen LogP contribution >= 0.6 is 0 Å². The topological polar surface area (TPSA) is 44.8 Å². The third kappa shape index (κ3) is 6.86. The molecule has 0 aromatic heterocycles. The van der Waals surface area contributed by atoms with E-state index >= 15 is 0 Å². The lowest BCUT2D eigenvalue weighted by molar-refractivity contribution is 0.0952. The summed E-state index contributed by atoms with van der Waals surface area (Å²) in [6.07, 6.45) is 2.06. The lowest BCUT2D eigenvalue weighted by atomic mass is 10.1. The minimum atomic E-state index is 0.00890. The average Bonchev–Trinajstić information content (AvgIpc) is 2.88. The molecule has 2 atom stereocenters. The number of anilines is 1. The first kappa shape index (κ1) is 24.8. The quantitative estimate of drug-likeness (QED) is 0.404. The van der Waals surface area contributed by atoms with Crippen LogP contribution in [0.25, 0.3) is 0 Å². The molecular formula is C30H37N3O2. The summed E-state index contributed by atoms with van der Waals surface area (Å²) < 4.78 is 6.25. The first-order valence-electron chi connectivity index (χ1n) is 12.7. The van der Waals surface area contributed by atoms with Crippen molar-refractivity contribution in [1.82, 2.24) is 10.2 Å². The molecule has 1 saturated heterocycles. The van der Waals surface area contributed by atoms with Gasteiger partial charge in [0.25, 0.3) is 5.91 Å². The van der Waals surface area contributed by atoms with Gasteiger partial charge in [0.05, 0.1) is 5.69 Å². The number of nitrogens with one attached hydrogen (secondary N) is 1. The van der Waals surface area contributed by atoms with E-state index in [0.29, 0.717) is 25.2 Å². The molecular weight excluding hydrogens is 434 g/mol. The van der Waals surface area contributed by atoms with Gasteiger partial charge in [0.2, 0.25) is 0 Å². The van der Waals surface area contributed by atoms with Crippen LogP contribution in [0.4, 0.5) is 5.69 Å². The minimum absolute atomic E-state index is 0.00890. The Labute approximate surface area is 209 Å². The number of unbranched alkanes of at least 4 members (excludes halogenated alkanes) is 1. The molecule has 0 spiro atoms. The van der Waals surface area contributed by atoms with Crippen molar-refractivity contribution in [1.29, 1.82) is 0 Å². The Morgan fingerprint density at radius 3 is 2.20 bits per heavy atom. The maximum atomic E-state index is 12.2. The molecule has 0 saturated carbocycles. The van der Waals surface area contributed by atoms with Gasteiger partial charge in [-0.3, -0.25) is 9.69 Å². The minimum Gasteiger partial charge on any atom is -0.487 e. The van der Waals surface area contributed by atoms with Gasteiger partial charge in [-0.2, -0.15) is 0 Å². The number of rotatable bonds is 10. The Kier molecular flexibility index (Phi) is 8.79. The number of nitrogens with zero attached hydrogens (tertiary/aromatic N) is 2. The van der Waals surface area contributed by atoms with Crippen molar-refractivity contribution in [2.75, 3.05) is 31.1 Å². The van der Waals surface area contributed by atoms with Gasteiger partial charge < -0.3 is 15.0 Å². The fourth-order valence-electron chi connectivity index (χ4n) is 4.97. The Balaban J connectivity index is 1.25. The Morgan fingerprint density at radius 1 is 0.857 bits per heavy atom. The number of hydrogen-bond donors (Lipinski definition) is 1. The number of amides is 1. The number of ether oxygens (including phenoxy) is 1. The van der Waals surface area contributed by atoms with Gasteiger partial charge in [-0.15, -0.1) is 0 Å². The van der Waals surface area contributed by atoms with Gasteiger partial charge >= 0.3 is 0 Å². The summed E-state index contributed by atoms with van der Waals surface area (Å²) in [5.74, 6) is 0.951. The highest BCUT2D eigenvalue weighted by molar-refractivity contribution is 5.94. The number of piperazine rings is 1. The van der Waals surface area contributed by atoms with Crippen LogP contribution in [-0.4, -0.2) is 49.1 Å². The van der Waals surface area contributed by atoms with Gasteiger partial charge in [-0.1, -0.05) is 60.7 Å². The Hall–Kier alpha value is -3.31. The Bertz CT molecular complexity index is 1050. The molecule has 2 unspecified atom stereocenters. The normalized spacial score (nSPS) is 18.3. The number of hydrogen-bond acceptors (Lipinski definition) is 4. The summed E-state index contributed by atoms with van der Waals surface area (Å²) in [5, 5.41) is 3.03. The average molecular weight is 472 g/mol. The predicted molar refractivity (Wildman–Crippen MR) is 143 cm³/mol. The molecule has 3 aromatic carbocycles. The molecule has 0 bridgehead atoms. The fourth-order valence-corrected chi connectivity index (χ4v) is 4.97. The van der Waals surface area contributed by atoms with Crippen molar-refractivity contribution >= 4 is 11.6 Å². The maximum Gasteiger partial charge on any atom is 0.251 e. The van der Waals surface area contributed by atoms with E-state index in [2.05, 4.69) is 59.3 Å². The van der Waals surface area contributed by atoms with Gasteiger partial charge in [0, 0.05) is 37.3 Å². The summed E-state index contributed by atoms with van der Waals surface area (Å²) in [6, 6.07) is 28.9. The number of benzene rings is 3. The highest BCUT2D eigenvalue weighted by Gasteiger charge is 2.30. The van der Waals surface area contributed by atoms with Gasteiger partial charge in [0.15, 0.2) is 0 Å². The molecule has 5 nitrogen and oxygen atoms in total. The van der Waals surface area contributed by atoms with E-state index in [1.807, 2.05) is 54.6 Å². The van der Waals surface area contributed by atoms with Crippen molar-refractivity contribution in [2.45, 2.75) is 45.4 Å². The second-order valence-corrected chi connectivity index (χ2v) is 9.44. The van der Waals surface area contributed by atoms with E-state index in [4.69, 9.17) is 4.74 Å². The molecule has 0 aliphatic carbocycles.